The minimum Gasteiger partial charge on any atom is -0.378 e. The molecular weight excluding hydrogens is 459 g/mol. The third-order valence-electron chi connectivity index (χ3n) is 6.55. The third-order valence-corrected chi connectivity index (χ3v) is 6.55. The number of morpholine rings is 1. The predicted molar refractivity (Wildman–Crippen MR) is 139 cm³/mol. The molecule has 1 unspecified atom stereocenters. The van der Waals surface area contributed by atoms with E-state index in [0.29, 0.717) is 41.2 Å². The van der Waals surface area contributed by atoms with Crippen molar-refractivity contribution < 1.29 is 9.13 Å². The summed E-state index contributed by atoms with van der Waals surface area (Å²) < 4.78 is 19.8. The average molecular weight is 485 g/mol. The Bertz CT molecular complexity index is 1610. The molecule has 4 heterocycles. The van der Waals surface area contributed by atoms with Gasteiger partial charge in [-0.2, -0.15) is 0 Å². The second kappa shape index (κ2) is 9.09. The summed E-state index contributed by atoms with van der Waals surface area (Å²) in [5.74, 6) is 0.0149. The molecule has 1 saturated heterocycles. The molecule has 0 radical (unpaired) electrons. The highest BCUT2D eigenvalue weighted by Crippen LogP contribution is 2.34. The van der Waals surface area contributed by atoms with Crippen molar-refractivity contribution in [2.45, 2.75) is 13.0 Å². The molecule has 0 saturated carbocycles. The highest BCUT2D eigenvalue weighted by Gasteiger charge is 2.21. The lowest BCUT2D eigenvalue weighted by molar-refractivity contribution is 0.122. The van der Waals surface area contributed by atoms with E-state index in [-0.39, 0.29) is 11.6 Å². The van der Waals surface area contributed by atoms with Crippen LogP contribution in [0.2, 0.25) is 0 Å². The van der Waals surface area contributed by atoms with Gasteiger partial charge in [-0.3, -0.25) is 9.78 Å². The van der Waals surface area contributed by atoms with E-state index in [9.17, 15) is 9.18 Å². The standard InChI is InChI=1S/C27H25FN6O2/c1-16(20-4-2-3-9-29-20)30-25-19-14-17(28)5-7-21(19)33-27(35)24(25)26-31-22-8-6-18(15-23(22)32-26)34-10-12-36-13-11-34/h2-9,14-16H,10-13H2,1H3,(H,31,32)(H2,30,33,35). The minimum atomic E-state index is -0.395. The highest BCUT2D eigenvalue weighted by atomic mass is 19.1. The van der Waals surface area contributed by atoms with Gasteiger partial charge in [0.15, 0.2) is 0 Å². The number of halogens is 1. The first-order valence-corrected chi connectivity index (χ1v) is 11.9. The number of hydrogen-bond acceptors (Lipinski definition) is 6. The van der Waals surface area contributed by atoms with E-state index in [1.807, 2.05) is 43.3 Å². The first-order chi connectivity index (χ1) is 17.6. The fourth-order valence-electron chi connectivity index (χ4n) is 4.70. The van der Waals surface area contributed by atoms with Crippen LogP contribution in [0.4, 0.5) is 15.8 Å². The van der Waals surface area contributed by atoms with Crippen LogP contribution >= 0.6 is 0 Å². The van der Waals surface area contributed by atoms with Crippen LogP contribution in [0.25, 0.3) is 33.3 Å². The monoisotopic (exact) mass is 484 g/mol. The second-order valence-corrected chi connectivity index (χ2v) is 8.90. The number of rotatable bonds is 5. The van der Waals surface area contributed by atoms with Crippen LogP contribution in [0, 0.1) is 5.82 Å². The molecule has 3 aromatic heterocycles. The number of pyridine rings is 2. The van der Waals surface area contributed by atoms with Crippen molar-refractivity contribution in [1.82, 2.24) is 19.9 Å². The van der Waals surface area contributed by atoms with E-state index in [4.69, 9.17) is 9.72 Å². The molecule has 0 spiro atoms. The van der Waals surface area contributed by atoms with Crippen LogP contribution in [-0.2, 0) is 4.74 Å². The van der Waals surface area contributed by atoms with Crippen molar-refractivity contribution in [3.63, 3.8) is 0 Å². The largest absolute Gasteiger partial charge is 0.378 e. The number of benzene rings is 2. The molecule has 36 heavy (non-hydrogen) atoms. The smallest absolute Gasteiger partial charge is 0.261 e. The Hall–Kier alpha value is -4.24. The van der Waals surface area contributed by atoms with Crippen molar-refractivity contribution in [2.24, 2.45) is 0 Å². The summed E-state index contributed by atoms with van der Waals surface area (Å²) in [7, 11) is 0. The van der Waals surface area contributed by atoms with Gasteiger partial charge in [0.05, 0.1) is 47.2 Å². The van der Waals surface area contributed by atoms with Crippen LogP contribution in [0.15, 0.2) is 65.6 Å². The topological polar surface area (TPSA) is 98.9 Å². The Morgan fingerprint density at radius 2 is 1.92 bits per heavy atom. The number of H-pyrrole nitrogens is 2. The molecule has 1 atom stereocenters. The number of aromatic nitrogens is 4. The van der Waals surface area contributed by atoms with Crippen molar-refractivity contribution in [3.8, 4) is 11.4 Å². The molecule has 1 aliphatic rings. The summed E-state index contributed by atoms with van der Waals surface area (Å²) in [6.45, 7) is 4.98. The lowest BCUT2D eigenvalue weighted by Gasteiger charge is -2.28. The molecule has 8 nitrogen and oxygen atoms in total. The zero-order valence-corrected chi connectivity index (χ0v) is 19.7. The molecule has 3 N–H and O–H groups in total. The van der Waals surface area contributed by atoms with Crippen molar-refractivity contribution in [2.75, 3.05) is 36.5 Å². The maximum atomic E-state index is 14.3. The van der Waals surface area contributed by atoms with E-state index < -0.39 is 5.82 Å². The van der Waals surface area contributed by atoms with Gasteiger partial charge in [-0.15, -0.1) is 0 Å². The molecule has 6 rings (SSSR count). The maximum absolute atomic E-state index is 14.3. The summed E-state index contributed by atoms with van der Waals surface area (Å²) in [6.07, 6.45) is 1.72. The summed E-state index contributed by atoms with van der Waals surface area (Å²) in [5.41, 5.74) is 4.45. The van der Waals surface area contributed by atoms with E-state index in [1.165, 1.54) is 12.1 Å². The second-order valence-electron chi connectivity index (χ2n) is 8.90. The van der Waals surface area contributed by atoms with Crippen molar-refractivity contribution in [1.29, 1.82) is 0 Å². The Morgan fingerprint density at radius 3 is 2.72 bits per heavy atom. The first-order valence-electron chi connectivity index (χ1n) is 11.9. The molecule has 182 valence electrons. The van der Waals surface area contributed by atoms with E-state index in [0.717, 1.165) is 35.5 Å². The Morgan fingerprint density at radius 1 is 1.06 bits per heavy atom. The van der Waals surface area contributed by atoms with Gasteiger partial charge in [-0.25, -0.2) is 9.37 Å². The quantitative estimate of drug-likeness (QED) is 0.337. The molecule has 2 aromatic carbocycles. The number of anilines is 2. The minimum absolute atomic E-state index is 0.240. The van der Waals surface area contributed by atoms with E-state index in [1.54, 1.807) is 12.3 Å². The first kappa shape index (κ1) is 22.2. The van der Waals surface area contributed by atoms with Crippen LogP contribution in [0.1, 0.15) is 18.7 Å². The number of aromatic amines is 2. The molecule has 5 aromatic rings. The average Bonchev–Trinajstić information content (AvgIpc) is 3.33. The number of imidazole rings is 1. The Labute approximate surface area is 206 Å². The predicted octanol–water partition coefficient (Wildman–Crippen LogP) is 4.62. The molecule has 0 amide bonds. The fourth-order valence-corrected chi connectivity index (χ4v) is 4.70. The molecule has 1 aliphatic heterocycles. The Balaban J connectivity index is 1.49. The lowest BCUT2D eigenvalue weighted by Crippen LogP contribution is -2.36. The molecule has 0 aliphatic carbocycles. The zero-order chi connectivity index (χ0) is 24.6. The SMILES string of the molecule is CC(Nc1c(-c2nc3ccc(N4CCOCC4)cc3[nH]2)c(=O)[nH]c2ccc(F)cc12)c1ccccn1. The van der Waals surface area contributed by atoms with Gasteiger partial charge in [0.1, 0.15) is 17.2 Å². The van der Waals surface area contributed by atoms with Gasteiger partial charge in [-0.05, 0) is 55.5 Å². The number of nitrogens with zero attached hydrogens (tertiary/aromatic N) is 3. The number of nitrogens with one attached hydrogen (secondary N) is 3. The fraction of sp³-hybridized carbons (Fsp3) is 0.222. The van der Waals surface area contributed by atoms with E-state index in [2.05, 4.69) is 25.2 Å². The Kier molecular flexibility index (Phi) is 5.61. The van der Waals surface area contributed by atoms with Crippen molar-refractivity contribution in [3.05, 3.63) is 82.7 Å². The van der Waals surface area contributed by atoms with Crippen LogP contribution < -0.4 is 15.8 Å². The van der Waals surface area contributed by atoms with E-state index >= 15 is 0 Å². The third kappa shape index (κ3) is 4.07. The number of hydrogen-bond donors (Lipinski definition) is 3. The molecule has 9 heteroatoms. The molecular formula is C27H25FN6O2. The van der Waals surface area contributed by atoms with Gasteiger partial charge in [0, 0.05) is 30.4 Å². The summed E-state index contributed by atoms with van der Waals surface area (Å²) in [5, 5.41) is 3.97. The van der Waals surface area contributed by atoms with Crippen LogP contribution in [0.3, 0.4) is 0 Å². The zero-order valence-electron chi connectivity index (χ0n) is 19.7. The summed E-state index contributed by atoms with van der Waals surface area (Å²) in [4.78, 5) is 31.0. The van der Waals surface area contributed by atoms with Gasteiger partial charge < -0.3 is 24.9 Å². The van der Waals surface area contributed by atoms with Crippen molar-refractivity contribution >= 4 is 33.3 Å². The summed E-state index contributed by atoms with van der Waals surface area (Å²) in [6, 6.07) is 15.7. The normalized spacial score (nSPS) is 14.9. The van der Waals surface area contributed by atoms with Gasteiger partial charge in [0.25, 0.3) is 5.56 Å². The highest BCUT2D eigenvalue weighted by molar-refractivity contribution is 5.99. The summed E-state index contributed by atoms with van der Waals surface area (Å²) >= 11 is 0. The maximum Gasteiger partial charge on any atom is 0.261 e. The number of ether oxygens (including phenoxy) is 1. The van der Waals surface area contributed by atoms with Crippen LogP contribution in [0.5, 0.6) is 0 Å². The lowest BCUT2D eigenvalue weighted by atomic mass is 10.1. The molecule has 0 bridgehead atoms. The number of fused-ring (bicyclic) bond motifs is 2. The van der Waals surface area contributed by atoms with Gasteiger partial charge in [-0.1, -0.05) is 6.07 Å². The van der Waals surface area contributed by atoms with Gasteiger partial charge >= 0.3 is 0 Å². The van der Waals surface area contributed by atoms with Crippen LogP contribution in [-0.4, -0.2) is 46.2 Å². The molecule has 1 fully saturated rings. The van der Waals surface area contributed by atoms with Gasteiger partial charge in [0.2, 0.25) is 0 Å².